The highest BCUT2D eigenvalue weighted by molar-refractivity contribution is 7.07. The highest BCUT2D eigenvalue weighted by Gasteiger charge is 2.29. The van der Waals surface area contributed by atoms with Gasteiger partial charge in [0.15, 0.2) is 5.57 Å². The number of nitrogens with zero attached hydrogens (tertiary/aromatic N) is 4. The Bertz CT molecular complexity index is 1390. The average molecular weight is 552 g/mol. The molecule has 1 fully saturated rings. The molecule has 10 nitrogen and oxygen atoms in total. The summed E-state index contributed by atoms with van der Waals surface area (Å²) in [5.74, 6) is -0.119. The molecule has 2 aromatic heterocycles. The van der Waals surface area contributed by atoms with Gasteiger partial charge in [-0.2, -0.15) is 18.4 Å². The normalized spacial score (nSPS) is 16.1. The summed E-state index contributed by atoms with van der Waals surface area (Å²) in [5, 5.41) is 16.7. The van der Waals surface area contributed by atoms with Gasteiger partial charge in [-0.25, -0.2) is 4.98 Å². The number of alkyl halides is 3. The Balaban J connectivity index is 1.77. The number of rotatable bonds is 8. The summed E-state index contributed by atoms with van der Waals surface area (Å²) >= 11 is 0.786. The Hall–Kier alpha value is -3.70. The number of halogens is 3. The third kappa shape index (κ3) is 7.90. The number of amides is 2. The fourth-order valence-electron chi connectivity index (χ4n) is 3.79. The van der Waals surface area contributed by atoms with Crippen molar-refractivity contribution in [1.82, 2.24) is 19.8 Å². The maximum Gasteiger partial charge on any atom is 0.405 e. The van der Waals surface area contributed by atoms with Gasteiger partial charge in [-0.3, -0.25) is 23.9 Å². The minimum Gasteiger partial charge on any atom is -0.345 e. The molecule has 0 unspecified atom stereocenters. The quantitative estimate of drug-likeness (QED) is 0.449. The van der Waals surface area contributed by atoms with Crippen LogP contribution in [0.25, 0.3) is 11.8 Å². The molecule has 0 aliphatic carbocycles. The van der Waals surface area contributed by atoms with Crippen molar-refractivity contribution in [2.75, 3.05) is 36.8 Å². The number of hydrogen-bond acceptors (Lipinski definition) is 8. The molecule has 1 aliphatic heterocycles. The molecule has 38 heavy (non-hydrogen) atoms. The number of anilines is 2. The lowest BCUT2D eigenvalue weighted by Gasteiger charge is -2.29. The van der Waals surface area contributed by atoms with Crippen molar-refractivity contribution in [3.05, 3.63) is 37.7 Å². The molecule has 0 spiro atoms. The highest BCUT2D eigenvalue weighted by atomic mass is 32.1. The summed E-state index contributed by atoms with van der Waals surface area (Å²) in [6, 6.07) is 6.50. The molecule has 14 heteroatoms. The van der Waals surface area contributed by atoms with E-state index in [4.69, 9.17) is 0 Å². The minimum absolute atomic E-state index is 0.0613. The van der Waals surface area contributed by atoms with Crippen LogP contribution in [0.2, 0.25) is 0 Å². The number of aromatic nitrogens is 2. The average Bonchev–Trinajstić information content (AvgIpc) is 3.18. The first-order chi connectivity index (χ1) is 18.0. The summed E-state index contributed by atoms with van der Waals surface area (Å²) < 4.78 is 38.6. The molecule has 2 amide bonds. The lowest BCUT2D eigenvalue weighted by atomic mass is 9.99. The van der Waals surface area contributed by atoms with Crippen molar-refractivity contribution in [1.29, 1.82) is 5.26 Å². The monoisotopic (exact) mass is 551 g/mol. The van der Waals surface area contributed by atoms with Crippen LogP contribution in [0.3, 0.4) is 0 Å². The van der Waals surface area contributed by atoms with Crippen molar-refractivity contribution in [3.63, 3.8) is 0 Å². The molecule has 0 radical (unpaired) electrons. The first-order valence-corrected chi connectivity index (χ1v) is 12.8. The van der Waals surface area contributed by atoms with Gasteiger partial charge in [-0.1, -0.05) is 13.0 Å². The van der Waals surface area contributed by atoms with E-state index in [-0.39, 0.29) is 28.2 Å². The van der Waals surface area contributed by atoms with Gasteiger partial charge in [0.25, 0.3) is 11.5 Å². The first kappa shape index (κ1) is 28.9. The molecule has 2 aromatic rings. The second-order valence-electron chi connectivity index (χ2n) is 8.81. The molecule has 1 saturated heterocycles. The maximum absolute atomic E-state index is 12.8. The van der Waals surface area contributed by atoms with Crippen LogP contribution in [-0.2, 0) is 16.1 Å². The van der Waals surface area contributed by atoms with E-state index in [1.54, 1.807) is 36.5 Å². The molecule has 0 bridgehead atoms. The number of hydrogen-bond donors (Lipinski definition) is 3. The van der Waals surface area contributed by atoms with Gasteiger partial charge in [0.1, 0.15) is 33.4 Å². The second kappa shape index (κ2) is 12.7. The van der Waals surface area contributed by atoms with Crippen LogP contribution >= 0.6 is 11.3 Å². The van der Waals surface area contributed by atoms with E-state index in [9.17, 15) is 32.8 Å². The lowest BCUT2D eigenvalue weighted by Crippen LogP contribution is -2.38. The van der Waals surface area contributed by atoms with Gasteiger partial charge in [0.05, 0.1) is 6.54 Å². The number of piperidine rings is 1. The first-order valence-electron chi connectivity index (χ1n) is 12.0. The summed E-state index contributed by atoms with van der Waals surface area (Å²) in [7, 11) is 0. The number of carbonyl (C=O) groups excluding carboxylic acids is 2. The number of pyridine rings is 1. The van der Waals surface area contributed by atoms with E-state index in [0.29, 0.717) is 17.6 Å². The molecule has 204 valence electrons. The van der Waals surface area contributed by atoms with Gasteiger partial charge in [-0.15, -0.1) is 11.3 Å². The van der Waals surface area contributed by atoms with E-state index in [1.165, 1.54) is 6.20 Å². The van der Waals surface area contributed by atoms with Crippen LogP contribution in [0, 0.1) is 17.2 Å². The predicted octanol–water partition coefficient (Wildman–Crippen LogP) is 1.20. The molecule has 3 heterocycles. The van der Waals surface area contributed by atoms with Crippen LogP contribution in [0.5, 0.6) is 0 Å². The topological polar surface area (TPSA) is 132 Å². The van der Waals surface area contributed by atoms with Gasteiger partial charge < -0.3 is 16.0 Å². The minimum atomic E-state index is -4.65. The Morgan fingerprint density at radius 1 is 1.26 bits per heavy atom. The van der Waals surface area contributed by atoms with Crippen LogP contribution in [0.1, 0.15) is 26.7 Å². The number of nitriles is 1. The third-order valence-electron chi connectivity index (χ3n) is 5.84. The third-order valence-corrected chi connectivity index (χ3v) is 6.97. The van der Waals surface area contributed by atoms with Crippen LogP contribution in [0.4, 0.5) is 24.8 Å². The predicted molar refractivity (Wildman–Crippen MR) is 137 cm³/mol. The fraction of sp³-hybridized carbons (Fsp3) is 0.458. The molecular formula is C24H28F3N7O3S. The molecular weight excluding hydrogens is 523 g/mol. The summed E-state index contributed by atoms with van der Waals surface area (Å²) in [6.07, 6.45) is -1.21. The van der Waals surface area contributed by atoms with Crippen molar-refractivity contribution < 1.29 is 22.8 Å². The molecule has 3 N–H and O–H groups in total. The maximum atomic E-state index is 12.8. The van der Waals surface area contributed by atoms with E-state index < -0.39 is 29.8 Å². The largest absolute Gasteiger partial charge is 0.405 e. The highest BCUT2D eigenvalue weighted by Crippen LogP contribution is 2.16. The fourth-order valence-corrected chi connectivity index (χ4v) is 4.87. The summed E-state index contributed by atoms with van der Waals surface area (Å²) in [4.78, 5) is 43.8. The Kier molecular flexibility index (Phi) is 9.65. The van der Waals surface area contributed by atoms with Crippen LogP contribution in [-0.4, -0.2) is 58.6 Å². The number of thiazole rings is 1. The van der Waals surface area contributed by atoms with Gasteiger partial charge in [0, 0.05) is 12.7 Å². The van der Waals surface area contributed by atoms with Gasteiger partial charge in [0.2, 0.25) is 5.91 Å². The smallest absolute Gasteiger partial charge is 0.345 e. The molecule has 0 atom stereocenters. The second-order valence-corrected chi connectivity index (χ2v) is 9.84. The number of carbonyl (C=O) groups is 2. The zero-order valence-corrected chi connectivity index (χ0v) is 21.7. The Morgan fingerprint density at radius 2 is 1.95 bits per heavy atom. The number of likely N-dealkylation sites (tertiary alicyclic amines) is 1. The molecule has 0 saturated carbocycles. The van der Waals surface area contributed by atoms with Gasteiger partial charge >= 0.3 is 6.18 Å². The standard InChI is InChI=1S/C24H28F3N7O3S/c1-3-34-22(37)17(38-23(34)16(11-28)21(36)30-14-24(25,26)27)12-29-18-5-4-6-19(31-18)32-20(35)13-33-9-7-15(2)8-10-33/h4-6,12,15H,3,7-10,13-14H2,1-2H3,(H,30,36)(H2,29,31,32,35). The van der Waals surface area contributed by atoms with Crippen LogP contribution < -0.4 is 30.7 Å². The zero-order chi connectivity index (χ0) is 27.9. The van der Waals surface area contributed by atoms with E-state index in [2.05, 4.69) is 27.4 Å². The zero-order valence-electron chi connectivity index (χ0n) is 20.9. The van der Waals surface area contributed by atoms with Crippen molar-refractivity contribution in [2.45, 2.75) is 39.4 Å². The summed E-state index contributed by atoms with van der Waals surface area (Å²) in [5.41, 5.74) is -1.12. The SMILES string of the molecule is CCn1c(=C(C#N)C(=O)NCC(F)(F)F)sc(=CNc2cccc(NC(=O)CN3CCC(C)CC3)n2)c1=O. The van der Waals surface area contributed by atoms with Crippen molar-refractivity contribution in [2.24, 2.45) is 5.92 Å². The molecule has 1 aliphatic rings. The van der Waals surface area contributed by atoms with Crippen molar-refractivity contribution in [3.8, 4) is 6.07 Å². The van der Waals surface area contributed by atoms with Gasteiger partial charge in [-0.05, 0) is 50.9 Å². The van der Waals surface area contributed by atoms with E-state index in [1.807, 2.05) is 0 Å². The summed E-state index contributed by atoms with van der Waals surface area (Å²) in [6.45, 7) is 4.29. The lowest BCUT2D eigenvalue weighted by molar-refractivity contribution is -0.135. The Labute approximate surface area is 220 Å². The van der Waals surface area contributed by atoms with Crippen molar-refractivity contribution >= 4 is 46.6 Å². The van der Waals surface area contributed by atoms with E-state index >= 15 is 0 Å². The van der Waals surface area contributed by atoms with Crippen LogP contribution in [0.15, 0.2) is 23.0 Å². The molecule has 0 aromatic carbocycles. The van der Waals surface area contributed by atoms with E-state index in [0.717, 1.165) is 41.8 Å². The molecule has 3 rings (SSSR count). The number of nitrogens with one attached hydrogen (secondary N) is 3. The Morgan fingerprint density at radius 3 is 2.58 bits per heavy atom.